The van der Waals surface area contributed by atoms with Crippen molar-refractivity contribution < 1.29 is 18.7 Å². The summed E-state index contributed by atoms with van der Waals surface area (Å²) in [5, 5.41) is 2.45. The Labute approximate surface area is 211 Å². The summed E-state index contributed by atoms with van der Waals surface area (Å²) in [7, 11) is 0. The number of para-hydroxylation sites is 1. The molecular formula is C28H18N2O5S. The highest BCUT2D eigenvalue weighted by molar-refractivity contribution is 7.80. The molecule has 2 amide bonds. The van der Waals surface area contributed by atoms with E-state index in [4.69, 9.17) is 21.4 Å². The van der Waals surface area contributed by atoms with Crippen LogP contribution in [0.1, 0.15) is 5.56 Å². The van der Waals surface area contributed by atoms with Gasteiger partial charge in [0.15, 0.2) is 10.5 Å². The molecule has 0 spiro atoms. The van der Waals surface area contributed by atoms with Gasteiger partial charge in [-0.1, -0.05) is 48.5 Å². The van der Waals surface area contributed by atoms with Gasteiger partial charge in [0.1, 0.15) is 29.6 Å². The second kappa shape index (κ2) is 9.81. The summed E-state index contributed by atoms with van der Waals surface area (Å²) in [6, 6.07) is 24.9. The van der Waals surface area contributed by atoms with Gasteiger partial charge in [-0.05, 0) is 60.3 Å². The predicted octanol–water partition coefficient (Wildman–Crippen LogP) is 4.93. The largest absolute Gasteiger partial charge is 0.471 e. The molecule has 7 nitrogen and oxygen atoms in total. The van der Waals surface area contributed by atoms with Crippen molar-refractivity contribution in [2.75, 3.05) is 4.90 Å². The first-order valence-corrected chi connectivity index (χ1v) is 11.3. The summed E-state index contributed by atoms with van der Waals surface area (Å²) in [4.78, 5) is 40.2. The molecule has 0 radical (unpaired) electrons. The van der Waals surface area contributed by atoms with Crippen molar-refractivity contribution in [2.45, 2.75) is 0 Å². The number of carbonyl (C=O) groups is 2. The molecule has 1 aromatic heterocycles. The van der Waals surface area contributed by atoms with Crippen LogP contribution in [0.3, 0.4) is 0 Å². The van der Waals surface area contributed by atoms with Crippen molar-refractivity contribution in [1.29, 1.82) is 0 Å². The summed E-state index contributed by atoms with van der Waals surface area (Å²) < 4.78 is 11.1. The summed E-state index contributed by atoms with van der Waals surface area (Å²) in [5.74, 6) is -0.126. The molecule has 36 heavy (non-hydrogen) atoms. The average molecular weight is 495 g/mol. The third kappa shape index (κ3) is 4.57. The van der Waals surface area contributed by atoms with E-state index < -0.39 is 11.8 Å². The lowest BCUT2D eigenvalue weighted by Gasteiger charge is -2.29. The Hall–Kier alpha value is -4.82. The van der Waals surface area contributed by atoms with Crippen LogP contribution >= 0.6 is 12.2 Å². The van der Waals surface area contributed by atoms with Crippen molar-refractivity contribution in [3.05, 3.63) is 119 Å². The van der Waals surface area contributed by atoms with Gasteiger partial charge in [-0.15, -0.1) is 0 Å². The van der Waals surface area contributed by atoms with Crippen LogP contribution in [0, 0.1) is 0 Å². The van der Waals surface area contributed by atoms with E-state index in [1.165, 1.54) is 23.5 Å². The Bertz CT molecular complexity index is 1540. The first kappa shape index (κ1) is 22.9. The molecule has 0 bridgehead atoms. The van der Waals surface area contributed by atoms with E-state index in [2.05, 4.69) is 5.32 Å². The Kier molecular flexibility index (Phi) is 6.25. The molecule has 1 fully saturated rings. The van der Waals surface area contributed by atoms with E-state index in [-0.39, 0.29) is 21.7 Å². The molecule has 2 heterocycles. The molecule has 1 N–H and O–H groups in total. The zero-order valence-corrected chi connectivity index (χ0v) is 19.5. The number of benzene rings is 3. The van der Waals surface area contributed by atoms with Gasteiger partial charge in [0, 0.05) is 0 Å². The first-order chi connectivity index (χ1) is 17.5. The van der Waals surface area contributed by atoms with Crippen molar-refractivity contribution in [3.8, 4) is 22.6 Å². The fourth-order valence-corrected chi connectivity index (χ4v) is 3.97. The molecule has 0 atom stereocenters. The molecule has 3 aromatic carbocycles. The van der Waals surface area contributed by atoms with Gasteiger partial charge in [-0.25, -0.2) is 0 Å². The minimum absolute atomic E-state index is 0.0641. The number of rotatable bonds is 5. The molecule has 5 rings (SSSR count). The minimum Gasteiger partial charge on any atom is -0.471 e. The lowest BCUT2D eigenvalue weighted by molar-refractivity contribution is -0.122. The van der Waals surface area contributed by atoms with Crippen molar-refractivity contribution in [1.82, 2.24) is 5.32 Å². The van der Waals surface area contributed by atoms with Gasteiger partial charge in [-0.2, -0.15) is 0 Å². The second-order valence-electron chi connectivity index (χ2n) is 7.80. The molecule has 4 aromatic rings. The fraction of sp³-hybridized carbons (Fsp3) is 0. The normalized spacial score (nSPS) is 14.6. The number of anilines is 1. The van der Waals surface area contributed by atoms with Crippen LogP contribution in [0.5, 0.6) is 11.5 Å². The monoisotopic (exact) mass is 494 g/mol. The van der Waals surface area contributed by atoms with Crippen molar-refractivity contribution in [3.63, 3.8) is 0 Å². The van der Waals surface area contributed by atoms with Crippen LogP contribution in [0.2, 0.25) is 0 Å². The first-order valence-electron chi connectivity index (χ1n) is 10.9. The molecule has 0 aliphatic carbocycles. The number of hydrogen-bond acceptors (Lipinski definition) is 6. The van der Waals surface area contributed by atoms with Gasteiger partial charge in [0.2, 0.25) is 0 Å². The van der Waals surface area contributed by atoms with E-state index in [0.717, 1.165) is 0 Å². The van der Waals surface area contributed by atoms with Crippen LogP contribution in [0.4, 0.5) is 5.69 Å². The van der Waals surface area contributed by atoms with Crippen LogP contribution in [-0.2, 0) is 9.59 Å². The van der Waals surface area contributed by atoms with Crippen LogP contribution in [0.15, 0.2) is 112 Å². The summed E-state index contributed by atoms with van der Waals surface area (Å²) in [6.45, 7) is 0. The lowest BCUT2D eigenvalue weighted by Crippen LogP contribution is -2.54. The van der Waals surface area contributed by atoms with Gasteiger partial charge >= 0.3 is 0 Å². The zero-order valence-electron chi connectivity index (χ0n) is 18.7. The molecule has 1 aliphatic rings. The Morgan fingerprint density at radius 2 is 1.44 bits per heavy atom. The third-order valence-corrected chi connectivity index (χ3v) is 5.73. The Balaban J connectivity index is 1.45. The predicted molar refractivity (Wildman–Crippen MR) is 140 cm³/mol. The van der Waals surface area contributed by atoms with E-state index in [1.54, 1.807) is 48.5 Å². The smallest absolute Gasteiger partial charge is 0.270 e. The number of thiocarbonyl (C=S) groups is 1. The summed E-state index contributed by atoms with van der Waals surface area (Å²) >= 11 is 5.26. The van der Waals surface area contributed by atoms with E-state index >= 15 is 0 Å². The standard InChI is InChI=1S/C28H18N2O5S/c31-25-19(16-34-17-24(25)18-7-3-1-4-8-18)15-23-26(32)29-28(36)30(27(23)33)20-11-13-22(14-12-20)35-21-9-5-2-6-10-21/h1-17H,(H,29,32,36). The quantitative estimate of drug-likeness (QED) is 0.240. The highest BCUT2D eigenvalue weighted by Gasteiger charge is 2.34. The summed E-state index contributed by atoms with van der Waals surface area (Å²) in [5.41, 5.74) is 0.852. The molecule has 1 aliphatic heterocycles. The number of nitrogens with zero attached hydrogens (tertiary/aromatic N) is 1. The Morgan fingerprint density at radius 3 is 2.14 bits per heavy atom. The van der Waals surface area contributed by atoms with Crippen molar-refractivity contribution in [2.24, 2.45) is 0 Å². The minimum atomic E-state index is -0.699. The molecular weight excluding hydrogens is 476 g/mol. The number of nitrogens with one attached hydrogen (secondary N) is 1. The van der Waals surface area contributed by atoms with E-state index in [0.29, 0.717) is 28.3 Å². The lowest BCUT2D eigenvalue weighted by atomic mass is 10.0. The maximum absolute atomic E-state index is 13.3. The average Bonchev–Trinajstić information content (AvgIpc) is 2.89. The molecule has 0 saturated carbocycles. The maximum Gasteiger partial charge on any atom is 0.270 e. The highest BCUT2D eigenvalue weighted by atomic mass is 32.1. The van der Waals surface area contributed by atoms with Gasteiger partial charge in [0.05, 0.1) is 16.8 Å². The van der Waals surface area contributed by atoms with E-state index in [1.807, 2.05) is 36.4 Å². The summed E-state index contributed by atoms with van der Waals surface area (Å²) in [6.07, 6.45) is 3.76. The van der Waals surface area contributed by atoms with Gasteiger partial charge in [0.25, 0.3) is 11.8 Å². The molecule has 0 unspecified atom stereocenters. The fourth-order valence-electron chi connectivity index (χ4n) is 3.69. The van der Waals surface area contributed by atoms with Crippen LogP contribution < -0.4 is 20.4 Å². The zero-order chi connectivity index (χ0) is 25.1. The number of hydrogen-bond donors (Lipinski definition) is 1. The van der Waals surface area contributed by atoms with Crippen molar-refractivity contribution >= 4 is 40.9 Å². The van der Waals surface area contributed by atoms with Gasteiger partial charge < -0.3 is 9.15 Å². The van der Waals surface area contributed by atoms with Crippen LogP contribution in [-0.4, -0.2) is 16.9 Å². The SMILES string of the molecule is O=C1NC(=S)N(c2ccc(Oc3ccccc3)cc2)C(=O)C1=Cc1cocc(-c2ccccc2)c1=O. The topological polar surface area (TPSA) is 88.8 Å². The van der Waals surface area contributed by atoms with Crippen LogP contribution in [0.25, 0.3) is 17.2 Å². The van der Waals surface area contributed by atoms with Gasteiger partial charge in [-0.3, -0.25) is 24.6 Å². The highest BCUT2D eigenvalue weighted by Crippen LogP contribution is 2.27. The second-order valence-corrected chi connectivity index (χ2v) is 8.19. The number of amides is 2. The number of ether oxygens (including phenoxy) is 1. The third-order valence-electron chi connectivity index (χ3n) is 5.45. The Morgan fingerprint density at radius 1 is 0.806 bits per heavy atom. The maximum atomic E-state index is 13.3. The van der Waals surface area contributed by atoms with E-state index in [9.17, 15) is 14.4 Å². The molecule has 176 valence electrons. The molecule has 1 saturated heterocycles. The molecule has 8 heteroatoms. The number of carbonyl (C=O) groups excluding carboxylic acids is 2.